The number of thiazole rings is 1. The second kappa shape index (κ2) is 6.27. The summed E-state index contributed by atoms with van der Waals surface area (Å²) in [7, 11) is -2.93. The van der Waals surface area contributed by atoms with E-state index in [4.69, 9.17) is 4.42 Å². The van der Waals surface area contributed by atoms with Gasteiger partial charge in [0.05, 0.1) is 21.7 Å². The van der Waals surface area contributed by atoms with Crippen LogP contribution in [0.4, 0.5) is 0 Å². The van der Waals surface area contributed by atoms with Crippen molar-refractivity contribution >= 4 is 37.3 Å². The van der Waals surface area contributed by atoms with E-state index in [1.54, 1.807) is 12.1 Å². The summed E-state index contributed by atoms with van der Waals surface area (Å²) >= 11 is 1.51. The van der Waals surface area contributed by atoms with E-state index in [9.17, 15) is 13.2 Å². The second-order valence-electron chi connectivity index (χ2n) is 6.13. The molecule has 25 heavy (non-hydrogen) atoms. The first-order valence-electron chi connectivity index (χ1n) is 7.94. The number of aromatic nitrogens is 1. The second-order valence-corrected chi connectivity index (χ2v) is 9.39. The number of carbonyl (C=O) groups excluding carboxylic acids is 1. The number of benzene rings is 1. The highest BCUT2D eigenvalue weighted by Crippen LogP contribution is 2.31. The lowest BCUT2D eigenvalue weighted by Crippen LogP contribution is -2.29. The summed E-state index contributed by atoms with van der Waals surface area (Å²) in [6, 6.07) is 11.1. The van der Waals surface area contributed by atoms with Crippen molar-refractivity contribution in [3.05, 3.63) is 42.2 Å². The summed E-state index contributed by atoms with van der Waals surface area (Å²) in [6.07, 6.45) is 0.595. The van der Waals surface area contributed by atoms with E-state index in [0.717, 1.165) is 15.2 Å². The molecule has 0 saturated carbocycles. The molecule has 1 N–H and O–H groups in total. The summed E-state index contributed by atoms with van der Waals surface area (Å²) < 4.78 is 29.6. The van der Waals surface area contributed by atoms with Crippen molar-refractivity contribution in [2.24, 2.45) is 5.92 Å². The van der Waals surface area contributed by atoms with Gasteiger partial charge in [0.25, 0.3) is 5.91 Å². The Morgan fingerprint density at radius 1 is 1.28 bits per heavy atom. The number of para-hydroxylation sites is 1. The zero-order chi connectivity index (χ0) is 17.4. The van der Waals surface area contributed by atoms with Crippen molar-refractivity contribution in [3.8, 4) is 10.8 Å². The minimum atomic E-state index is -2.93. The van der Waals surface area contributed by atoms with Crippen LogP contribution in [0.25, 0.3) is 21.0 Å². The van der Waals surface area contributed by atoms with E-state index in [1.165, 1.54) is 11.3 Å². The molecule has 0 aliphatic carbocycles. The molecule has 0 radical (unpaired) electrons. The van der Waals surface area contributed by atoms with E-state index in [-0.39, 0.29) is 29.1 Å². The van der Waals surface area contributed by atoms with E-state index in [1.807, 2.05) is 24.3 Å². The smallest absolute Gasteiger partial charge is 0.287 e. The fourth-order valence-electron chi connectivity index (χ4n) is 2.91. The number of carbonyl (C=O) groups is 1. The summed E-state index contributed by atoms with van der Waals surface area (Å²) in [6.45, 7) is 0.342. The van der Waals surface area contributed by atoms with Gasteiger partial charge in [0.1, 0.15) is 0 Å². The van der Waals surface area contributed by atoms with Gasteiger partial charge in [-0.2, -0.15) is 0 Å². The lowest BCUT2D eigenvalue weighted by atomic mass is 10.1. The number of sulfone groups is 1. The van der Waals surface area contributed by atoms with Crippen molar-refractivity contribution < 1.29 is 17.6 Å². The average Bonchev–Trinajstić information content (AvgIpc) is 3.29. The van der Waals surface area contributed by atoms with Gasteiger partial charge >= 0.3 is 0 Å². The third-order valence-corrected chi connectivity index (χ3v) is 7.10. The van der Waals surface area contributed by atoms with Gasteiger partial charge in [-0.3, -0.25) is 4.79 Å². The predicted octanol–water partition coefficient (Wildman–Crippen LogP) is 2.72. The maximum absolute atomic E-state index is 12.2. The van der Waals surface area contributed by atoms with Crippen LogP contribution in [-0.2, 0) is 9.84 Å². The molecule has 1 unspecified atom stereocenters. The molecule has 1 aliphatic rings. The zero-order valence-electron chi connectivity index (χ0n) is 13.3. The number of furan rings is 1. The molecule has 1 aromatic carbocycles. The molecule has 6 nitrogen and oxygen atoms in total. The quantitative estimate of drug-likeness (QED) is 0.756. The number of rotatable bonds is 4. The molecule has 130 valence electrons. The molecule has 0 bridgehead atoms. The van der Waals surface area contributed by atoms with Crippen molar-refractivity contribution in [3.63, 3.8) is 0 Å². The van der Waals surface area contributed by atoms with E-state index < -0.39 is 9.84 Å². The van der Waals surface area contributed by atoms with Crippen molar-refractivity contribution in [1.82, 2.24) is 10.3 Å². The molecule has 8 heteroatoms. The molecule has 1 atom stereocenters. The lowest BCUT2D eigenvalue weighted by molar-refractivity contribution is 0.0921. The number of hydrogen-bond acceptors (Lipinski definition) is 6. The molecule has 3 aromatic rings. The van der Waals surface area contributed by atoms with Crippen LogP contribution in [0.5, 0.6) is 0 Å². The number of fused-ring (bicyclic) bond motifs is 1. The Hall–Kier alpha value is -2.19. The van der Waals surface area contributed by atoms with Gasteiger partial charge in [0.2, 0.25) is 0 Å². The van der Waals surface area contributed by atoms with Crippen LogP contribution in [0.3, 0.4) is 0 Å². The molecular weight excluding hydrogens is 360 g/mol. The molecule has 3 heterocycles. The number of nitrogens with zero attached hydrogens (tertiary/aromatic N) is 1. The van der Waals surface area contributed by atoms with Crippen LogP contribution in [-0.4, -0.2) is 37.4 Å². The highest BCUT2D eigenvalue weighted by atomic mass is 32.2. The van der Waals surface area contributed by atoms with Gasteiger partial charge in [-0.05, 0) is 36.6 Å². The first kappa shape index (κ1) is 16.3. The summed E-state index contributed by atoms with van der Waals surface area (Å²) in [5.41, 5.74) is 0.896. The van der Waals surface area contributed by atoms with Gasteiger partial charge in [0.15, 0.2) is 26.4 Å². The third-order valence-electron chi connectivity index (χ3n) is 4.21. The summed E-state index contributed by atoms with van der Waals surface area (Å²) in [5.74, 6) is 0.743. The number of hydrogen-bond donors (Lipinski definition) is 1. The van der Waals surface area contributed by atoms with Crippen LogP contribution >= 0.6 is 11.3 Å². The van der Waals surface area contributed by atoms with Crippen molar-refractivity contribution in [1.29, 1.82) is 0 Å². The minimum Gasteiger partial charge on any atom is -0.448 e. The third kappa shape index (κ3) is 3.45. The van der Waals surface area contributed by atoms with Crippen LogP contribution in [0.15, 0.2) is 40.8 Å². The fraction of sp³-hybridized carbons (Fsp3) is 0.294. The van der Waals surface area contributed by atoms with Gasteiger partial charge in [-0.25, -0.2) is 13.4 Å². The minimum absolute atomic E-state index is 0.0207. The van der Waals surface area contributed by atoms with Crippen molar-refractivity contribution in [2.45, 2.75) is 6.42 Å². The predicted molar refractivity (Wildman–Crippen MR) is 96.4 cm³/mol. The topological polar surface area (TPSA) is 89.3 Å². The molecule has 2 aromatic heterocycles. The molecule has 1 amide bonds. The Kier molecular flexibility index (Phi) is 4.09. The van der Waals surface area contributed by atoms with E-state index in [2.05, 4.69) is 10.3 Å². The Bertz CT molecular complexity index is 1000. The molecule has 1 aliphatic heterocycles. The molecule has 0 spiro atoms. The number of nitrogens with one attached hydrogen (secondary N) is 1. The van der Waals surface area contributed by atoms with Crippen molar-refractivity contribution in [2.75, 3.05) is 18.1 Å². The summed E-state index contributed by atoms with van der Waals surface area (Å²) in [5, 5.41) is 3.48. The van der Waals surface area contributed by atoms with Gasteiger partial charge in [-0.1, -0.05) is 12.1 Å². The first-order chi connectivity index (χ1) is 12.0. The van der Waals surface area contributed by atoms with Crippen LogP contribution in [0.2, 0.25) is 0 Å². The lowest BCUT2D eigenvalue weighted by Gasteiger charge is -2.08. The van der Waals surface area contributed by atoms with Gasteiger partial charge < -0.3 is 9.73 Å². The zero-order valence-corrected chi connectivity index (χ0v) is 14.9. The fourth-order valence-corrected chi connectivity index (χ4v) is 5.70. The number of amides is 1. The van der Waals surface area contributed by atoms with Gasteiger partial charge in [0, 0.05) is 6.54 Å². The normalized spacial score (nSPS) is 19.3. The highest BCUT2D eigenvalue weighted by Gasteiger charge is 2.28. The molecular formula is C17H16N2O4S2. The first-order valence-corrected chi connectivity index (χ1v) is 10.6. The monoisotopic (exact) mass is 376 g/mol. The molecule has 1 saturated heterocycles. The largest absolute Gasteiger partial charge is 0.448 e. The van der Waals surface area contributed by atoms with Crippen LogP contribution in [0, 0.1) is 5.92 Å². The maximum atomic E-state index is 12.2. The maximum Gasteiger partial charge on any atom is 0.287 e. The Labute approximate surface area is 148 Å². The SMILES string of the molecule is O=C(NCC1CCS(=O)(=O)C1)c1ccc(-c2nc3ccccc3s2)o1. The van der Waals surface area contributed by atoms with Crippen LogP contribution < -0.4 is 5.32 Å². The Balaban J connectivity index is 1.44. The van der Waals surface area contributed by atoms with E-state index >= 15 is 0 Å². The Morgan fingerprint density at radius 3 is 2.88 bits per heavy atom. The molecule has 4 rings (SSSR count). The van der Waals surface area contributed by atoms with Gasteiger partial charge in [-0.15, -0.1) is 11.3 Å². The van der Waals surface area contributed by atoms with Crippen LogP contribution in [0.1, 0.15) is 17.0 Å². The average molecular weight is 376 g/mol. The standard InChI is InChI=1S/C17H16N2O4S2/c20-16(18-9-11-7-8-25(21,22)10-11)13-5-6-14(23-13)17-19-12-3-1-2-4-15(12)24-17/h1-6,11H,7-10H2,(H,18,20). The summed E-state index contributed by atoms with van der Waals surface area (Å²) in [4.78, 5) is 16.7. The highest BCUT2D eigenvalue weighted by molar-refractivity contribution is 7.91. The molecule has 1 fully saturated rings. The Morgan fingerprint density at radius 2 is 2.12 bits per heavy atom. The van der Waals surface area contributed by atoms with E-state index in [0.29, 0.717) is 18.7 Å².